The molecular formula is C19H31NO9S. The Kier molecular flexibility index (Phi) is 10.4. The van der Waals surface area contributed by atoms with Gasteiger partial charge in [-0.05, 0) is 33.6 Å². The van der Waals surface area contributed by atoms with Crippen molar-refractivity contribution in [2.75, 3.05) is 19.5 Å². The Morgan fingerprint density at radius 2 is 1.80 bits per heavy atom. The number of carbonyl (C=O) groups excluding carboxylic acids is 4. The fourth-order valence-corrected chi connectivity index (χ4v) is 3.77. The molecule has 1 rings (SSSR count). The maximum Gasteiger partial charge on any atom is 0.408 e. The number of rotatable bonds is 8. The summed E-state index contributed by atoms with van der Waals surface area (Å²) in [5.74, 6) is -1.36. The van der Waals surface area contributed by atoms with Gasteiger partial charge in [-0.3, -0.25) is 9.59 Å². The average Bonchev–Trinajstić information content (AvgIpc) is 2.62. The first kappa shape index (κ1) is 26.0. The number of hydrogen-bond acceptors (Lipinski definition) is 10. The van der Waals surface area contributed by atoms with Crippen LogP contribution in [0.15, 0.2) is 0 Å². The predicted octanol–water partition coefficient (Wildman–Crippen LogP) is 1.79. The number of carbonyl (C=O) groups is 4. The van der Waals surface area contributed by atoms with Crippen LogP contribution in [0.1, 0.15) is 47.5 Å². The van der Waals surface area contributed by atoms with Gasteiger partial charge in [-0.15, -0.1) is 11.8 Å². The maximum atomic E-state index is 12.0. The highest BCUT2D eigenvalue weighted by molar-refractivity contribution is 7.99. The molecule has 1 N–H and O–H groups in total. The molecule has 1 amide bonds. The number of nitrogens with one attached hydrogen (secondary N) is 1. The van der Waals surface area contributed by atoms with Gasteiger partial charge in [0.1, 0.15) is 35.9 Å². The summed E-state index contributed by atoms with van der Waals surface area (Å²) in [6.07, 6.45) is -0.842. The number of amides is 1. The molecule has 0 aromatic rings. The fourth-order valence-electron chi connectivity index (χ4n) is 2.62. The zero-order valence-electron chi connectivity index (χ0n) is 18.2. The van der Waals surface area contributed by atoms with Crippen molar-refractivity contribution >= 4 is 35.8 Å². The van der Waals surface area contributed by atoms with Gasteiger partial charge in [0.25, 0.3) is 0 Å². The molecule has 11 heteroatoms. The second-order valence-corrected chi connectivity index (χ2v) is 8.88. The molecule has 0 radical (unpaired) electrons. The van der Waals surface area contributed by atoms with E-state index in [1.807, 2.05) is 0 Å². The van der Waals surface area contributed by atoms with Gasteiger partial charge in [-0.25, -0.2) is 9.59 Å². The molecule has 10 nitrogen and oxygen atoms in total. The largest absolute Gasteiger partial charge is 0.467 e. The van der Waals surface area contributed by atoms with E-state index in [1.54, 1.807) is 20.8 Å². The summed E-state index contributed by atoms with van der Waals surface area (Å²) in [7, 11) is 1.23. The molecule has 1 saturated heterocycles. The van der Waals surface area contributed by atoms with Gasteiger partial charge in [0.15, 0.2) is 0 Å². The van der Waals surface area contributed by atoms with Crippen molar-refractivity contribution in [3.05, 3.63) is 0 Å². The van der Waals surface area contributed by atoms with Crippen LogP contribution < -0.4 is 5.32 Å². The Morgan fingerprint density at radius 3 is 2.33 bits per heavy atom. The van der Waals surface area contributed by atoms with E-state index in [1.165, 1.54) is 32.7 Å². The number of methoxy groups -OCH3 is 1. The molecule has 30 heavy (non-hydrogen) atoms. The van der Waals surface area contributed by atoms with E-state index < -0.39 is 47.9 Å². The van der Waals surface area contributed by atoms with E-state index in [-0.39, 0.29) is 17.8 Å². The number of ether oxygens (including phenoxy) is 5. The Hall–Kier alpha value is -2.01. The van der Waals surface area contributed by atoms with Gasteiger partial charge < -0.3 is 29.0 Å². The molecule has 0 saturated carbocycles. The van der Waals surface area contributed by atoms with Crippen LogP contribution in [0.3, 0.4) is 0 Å². The molecule has 0 bridgehead atoms. The Labute approximate surface area is 180 Å². The second-order valence-electron chi connectivity index (χ2n) is 7.69. The third-order valence-corrected chi connectivity index (χ3v) is 5.07. The van der Waals surface area contributed by atoms with Crippen LogP contribution in [-0.2, 0) is 38.1 Å². The summed E-state index contributed by atoms with van der Waals surface area (Å²) >= 11 is 1.29. The zero-order valence-corrected chi connectivity index (χ0v) is 19.0. The Balaban J connectivity index is 2.69. The first-order valence-electron chi connectivity index (χ1n) is 9.56. The van der Waals surface area contributed by atoms with Crippen LogP contribution >= 0.6 is 11.8 Å². The van der Waals surface area contributed by atoms with Crippen molar-refractivity contribution in [1.29, 1.82) is 0 Å². The summed E-state index contributed by atoms with van der Waals surface area (Å²) in [6.45, 7) is 7.67. The molecule has 172 valence electrons. The van der Waals surface area contributed by atoms with E-state index in [0.29, 0.717) is 12.8 Å². The molecule has 4 atom stereocenters. The summed E-state index contributed by atoms with van der Waals surface area (Å²) in [5, 5.41) is 2.50. The zero-order chi connectivity index (χ0) is 22.9. The van der Waals surface area contributed by atoms with Gasteiger partial charge in [0, 0.05) is 19.6 Å². The van der Waals surface area contributed by atoms with Crippen molar-refractivity contribution < 1.29 is 42.9 Å². The van der Waals surface area contributed by atoms with E-state index in [9.17, 15) is 19.2 Å². The molecule has 0 aromatic heterocycles. The standard InChI is InChI=1S/C19H31NO9S/c1-11(21)26-9-15-14(27-12(2)22)7-8-16(28-15)30-10-13(17(23)25-6)20-18(24)29-19(3,4)5/h13-16H,7-10H2,1-6H3,(H,20,24)/t13?,14-,15?,16?/m0/s1. The van der Waals surface area contributed by atoms with Crippen LogP contribution in [0, 0.1) is 0 Å². The van der Waals surface area contributed by atoms with Gasteiger partial charge >= 0.3 is 24.0 Å². The summed E-state index contributed by atoms with van der Waals surface area (Å²) in [6, 6.07) is -0.934. The van der Waals surface area contributed by atoms with Gasteiger partial charge in [0.05, 0.1) is 7.11 Å². The lowest BCUT2D eigenvalue weighted by atomic mass is 10.1. The van der Waals surface area contributed by atoms with Crippen molar-refractivity contribution in [2.24, 2.45) is 0 Å². The predicted molar refractivity (Wildman–Crippen MR) is 108 cm³/mol. The molecule has 0 aliphatic carbocycles. The van der Waals surface area contributed by atoms with Crippen molar-refractivity contribution in [3.63, 3.8) is 0 Å². The molecule has 3 unspecified atom stereocenters. The van der Waals surface area contributed by atoms with Crippen LogP contribution in [0.4, 0.5) is 4.79 Å². The van der Waals surface area contributed by atoms with Crippen molar-refractivity contribution in [3.8, 4) is 0 Å². The third-order valence-electron chi connectivity index (χ3n) is 3.82. The number of alkyl carbamates (subject to hydrolysis) is 1. The Morgan fingerprint density at radius 1 is 1.13 bits per heavy atom. The van der Waals surface area contributed by atoms with Gasteiger partial charge in [-0.1, -0.05) is 0 Å². The number of hydrogen-bond donors (Lipinski definition) is 1. The quantitative estimate of drug-likeness (QED) is 0.433. The van der Waals surface area contributed by atoms with Crippen molar-refractivity contribution in [2.45, 2.75) is 76.7 Å². The maximum absolute atomic E-state index is 12.0. The molecular weight excluding hydrogens is 418 g/mol. The van der Waals surface area contributed by atoms with E-state index >= 15 is 0 Å². The minimum Gasteiger partial charge on any atom is -0.467 e. The van der Waals surface area contributed by atoms with Crippen LogP contribution in [0.5, 0.6) is 0 Å². The Bertz CT molecular complexity index is 620. The molecule has 1 aliphatic heterocycles. The molecule has 0 aromatic carbocycles. The highest BCUT2D eigenvalue weighted by atomic mass is 32.2. The fraction of sp³-hybridized carbons (Fsp3) is 0.789. The highest BCUT2D eigenvalue weighted by Gasteiger charge is 2.35. The summed E-state index contributed by atoms with van der Waals surface area (Å²) < 4.78 is 26.1. The normalized spacial score (nSPS) is 22.4. The second kappa shape index (κ2) is 12.0. The lowest BCUT2D eigenvalue weighted by Gasteiger charge is -2.35. The summed E-state index contributed by atoms with van der Waals surface area (Å²) in [4.78, 5) is 46.5. The van der Waals surface area contributed by atoms with E-state index in [0.717, 1.165) is 0 Å². The molecule has 1 heterocycles. The molecule has 1 fully saturated rings. The topological polar surface area (TPSA) is 126 Å². The van der Waals surface area contributed by atoms with Gasteiger partial charge in [0.2, 0.25) is 0 Å². The highest BCUT2D eigenvalue weighted by Crippen LogP contribution is 2.30. The van der Waals surface area contributed by atoms with Crippen LogP contribution in [0.25, 0.3) is 0 Å². The van der Waals surface area contributed by atoms with E-state index in [2.05, 4.69) is 5.32 Å². The number of thioether (sulfide) groups is 1. The SMILES string of the molecule is COC(=O)C(CSC1CC[C@H](OC(C)=O)C(COC(C)=O)O1)NC(=O)OC(C)(C)C. The molecule has 0 spiro atoms. The minimum absolute atomic E-state index is 0.0546. The lowest BCUT2D eigenvalue weighted by molar-refractivity contribution is -0.172. The lowest BCUT2D eigenvalue weighted by Crippen LogP contribution is -2.47. The molecule has 1 aliphatic rings. The minimum atomic E-state index is -0.934. The number of esters is 3. The summed E-state index contributed by atoms with van der Waals surface area (Å²) in [5.41, 5.74) is -1.06. The smallest absolute Gasteiger partial charge is 0.408 e. The third kappa shape index (κ3) is 10.1. The first-order valence-corrected chi connectivity index (χ1v) is 10.6. The average molecular weight is 450 g/mol. The van der Waals surface area contributed by atoms with Gasteiger partial charge in [-0.2, -0.15) is 0 Å². The first-order chi connectivity index (χ1) is 13.9. The van der Waals surface area contributed by atoms with E-state index in [4.69, 9.17) is 23.7 Å². The van der Waals surface area contributed by atoms with Crippen LogP contribution in [0.2, 0.25) is 0 Å². The van der Waals surface area contributed by atoms with Crippen molar-refractivity contribution in [1.82, 2.24) is 5.32 Å². The van der Waals surface area contributed by atoms with Crippen LogP contribution in [-0.4, -0.2) is 72.8 Å². The monoisotopic (exact) mass is 449 g/mol.